The number of carbonyl (C=O) groups is 1. The lowest BCUT2D eigenvalue weighted by molar-refractivity contribution is -0.120. The van der Waals surface area contributed by atoms with Crippen LogP contribution in [0.15, 0.2) is 95.2 Å². The number of benzene rings is 3. The zero-order valence-corrected chi connectivity index (χ0v) is 23.7. The molecule has 190 valence electrons. The summed E-state index contributed by atoms with van der Waals surface area (Å²) in [5.41, 5.74) is 6.79. The fourth-order valence-corrected chi connectivity index (χ4v) is 4.83. The van der Waals surface area contributed by atoms with Crippen LogP contribution in [0.1, 0.15) is 31.7 Å². The van der Waals surface area contributed by atoms with Crippen molar-refractivity contribution in [2.45, 2.75) is 43.6 Å². The second-order valence-corrected chi connectivity index (χ2v) is 10.9. The van der Waals surface area contributed by atoms with Crippen molar-refractivity contribution in [1.29, 1.82) is 0 Å². The molecule has 0 saturated heterocycles. The van der Waals surface area contributed by atoms with Crippen LogP contribution in [0.5, 0.6) is 0 Å². The van der Waals surface area contributed by atoms with Crippen LogP contribution in [-0.4, -0.2) is 31.6 Å². The molecule has 1 unspecified atom stereocenters. The Hall–Kier alpha value is -3.18. The van der Waals surface area contributed by atoms with Crippen LogP contribution >= 0.6 is 34.4 Å². The van der Waals surface area contributed by atoms with Gasteiger partial charge in [0.25, 0.3) is 5.91 Å². The first-order valence-corrected chi connectivity index (χ1v) is 14.0. The Kier molecular flexibility index (Phi) is 9.72. The number of para-hydroxylation sites is 1. The Morgan fingerprint density at radius 2 is 1.68 bits per heavy atom. The number of hydrogen-bond donors (Lipinski definition) is 2. The normalized spacial score (nSPS) is 12.2. The van der Waals surface area contributed by atoms with Gasteiger partial charge in [0.05, 0.1) is 11.8 Å². The minimum atomic E-state index is -0.415. The maximum Gasteiger partial charge on any atom is 0.253 e. The minimum Gasteiger partial charge on any atom is -0.378 e. The summed E-state index contributed by atoms with van der Waals surface area (Å²) in [5.74, 6) is 0.583. The third-order valence-electron chi connectivity index (χ3n) is 5.64. The second kappa shape index (κ2) is 13.4. The molecule has 1 amide bonds. The summed E-state index contributed by atoms with van der Waals surface area (Å²) in [4.78, 5) is 12.9. The molecule has 0 bridgehead atoms. The monoisotopic (exact) mass is 624 g/mol. The van der Waals surface area contributed by atoms with Gasteiger partial charge in [0.1, 0.15) is 0 Å². The van der Waals surface area contributed by atoms with Crippen molar-refractivity contribution in [3.63, 3.8) is 0 Å². The molecule has 0 aliphatic rings. The molecule has 37 heavy (non-hydrogen) atoms. The minimum absolute atomic E-state index is 0.176. The highest BCUT2D eigenvalue weighted by molar-refractivity contribution is 14.1. The molecule has 9 heteroatoms. The van der Waals surface area contributed by atoms with Crippen LogP contribution in [0.3, 0.4) is 0 Å². The Morgan fingerprint density at radius 1 is 1.00 bits per heavy atom. The van der Waals surface area contributed by atoms with Gasteiger partial charge in [0.2, 0.25) is 0 Å². The van der Waals surface area contributed by atoms with Gasteiger partial charge in [0, 0.05) is 27.1 Å². The van der Waals surface area contributed by atoms with Gasteiger partial charge < -0.3 is 5.32 Å². The highest BCUT2D eigenvalue weighted by Gasteiger charge is 2.21. The van der Waals surface area contributed by atoms with E-state index in [2.05, 4.69) is 72.9 Å². The molecule has 7 nitrogen and oxygen atoms in total. The van der Waals surface area contributed by atoms with Gasteiger partial charge in [-0.1, -0.05) is 67.2 Å². The maximum absolute atomic E-state index is 12.9. The van der Waals surface area contributed by atoms with E-state index < -0.39 is 5.25 Å². The van der Waals surface area contributed by atoms with Crippen molar-refractivity contribution in [3.05, 3.63) is 99.9 Å². The largest absolute Gasteiger partial charge is 0.378 e. The molecule has 1 aromatic heterocycles. The number of aromatic nitrogens is 3. The predicted molar refractivity (Wildman–Crippen MR) is 159 cm³/mol. The summed E-state index contributed by atoms with van der Waals surface area (Å²) < 4.78 is 3.17. The second-order valence-electron chi connectivity index (χ2n) is 8.36. The number of nitrogens with one attached hydrogen (secondary N) is 2. The van der Waals surface area contributed by atoms with Crippen molar-refractivity contribution in [3.8, 4) is 5.69 Å². The Balaban J connectivity index is 1.46. The molecular formula is C28H29IN6OS. The van der Waals surface area contributed by atoms with Crippen LogP contribution in [0, 0.1) is 3.57 Å². The first kappa shape index (κ1) is 26.9. The van der Waals surface area contributed by atoms with Gasteiger partial charge in [-0.15, -0.1) is 10.2 Å². The first-order chi connectivity index (χ1) is 18.0. The smallest absolute Gasteiger partial charge is 0.253 e. The number of hydrogen-bond acceptors (Lipinski definition) is 6. The average molecular weight is 625 g/mol. The lowest BCUT2D eigenvalue weighted by atomic mass is 10.1. The molecule has 4 rings (SSSR count). The standard InChI is InChI=1S/C28H29IN6OS/c1-3-23(18-21-10-6-4-7-11-21)31-33-27(36)20(2)37-28-34-32-26(35(28)25-12-8-5-9-13-25)19-30-24-16-14-22(29)15-17-24/h4-17,20,30H,3,18-19H2,1-2H3,(H,33,36)/b31-23+. The van der Waals surface area contributed by atoms with Gasteiger partial charge in [-0.2, -0.15) is 5.10 Å². The number of anilines is 1. The molecule has 0 radical (unpaired) electrons. The van der Waals surface area contributed by atoms with E-state index in [1.54, 1.807) is 0 Å². The third kappa shape index (κ3) is 7.65. The molecule has 0 aliphatic carbocycles. The zero-order chi connectivity index (χ0) is 26.0. The summed E-state index contributed by atoms with van der Waals surface area (Å²) in [6, 6.07) is 28.3. The molecule has 1 heterocycles. The SMILES string of the molecule is CC/C(Cc1ccccc1)=N\NC(=O)C(C)Sc1nnc(CNc2ccc(I)cc2)n1-c1ccccc1. The van der Waals surface area contributed by atoms with E-state index in [4.69, 9.17) is 0 Å². The predicted octanol–water partition coefficient (Wildman–Crippen LogP) is 6.09. The molecule has 2 N–H and O–H groups in total. The van der Waals surface area contributed by atoms with Gasteiger partial charge in [-0.05, 0) is 77.9 Å². The van der Waals surface area contributed by atoms with E-state index in [0.717, 1.165) is 29.3 Å². The number of rotatable bonds is 11. The van der Waals surface area contributed by atoms with Gasteiger partial charge in [0.15, 0.2) is 11.0 Å². The average Bonchev–Trinajstić information content (AvgIpc) is 3.33. The number of nitrogens with zero attached hydrogens (tertiary/aromatic N) is 4. The Bertz CT molecular complexity index is 1330. The van der Waals surface area contributed by atoms with E-state index in [9.17, 15) is 4.79 Å². The van der Waals surface area contributed by atoms with E-state index in [-0.39, 0.29) is 5.91 Å². The van der Waals surface area contributed by atoms with Crippen molar-refractivity contribution < 1.29 is 4.79 Å². The van der Waals surface area contributed by atoms with E-state index in [0.29, 0.717) is 18.1 Å². The number of carbonyl (C=O) groups excluding carboxylic acids is 1. The fourth-order valence-electron chi connectivity index (χ4n) is 3.59. The number of thioether (sulfide) groups is 1. The number of halogens is 1. The Morgan fingerprint density at radius 3 is 2.35 bits per heavy atom. The van der Waals surface area contributed by atoms with E-state index >= 15 is 0 Å². The lowest BCUT2D eigenvalue weighted by Crippen LogP contribution is -2.28. The highest BCUT2D eigenvalue weighted by atomic mass is 127. The summed E-state index contributed by atoms with van der Waals surface area (Å²) in [6.07, 6.45) is 1.47. The van der Waals surface area contributed by atoms with E-state index in [1.165, 1.54) is 20.9 Å². The summed E-state index contributed by atoms with van der Waals surface area (Å²) in [5, 5.41) is 16.9. The molecule has 4 aromatic rings. The quantitative estimate of drug-likeness (QED) is 0.0914. The highest BCUT2D eigenvalue weighted by Crippen LogP contribution is 2.26. The summed E-state index contributed by atoms with van der Waals surface area (Å²) >= 11 is 3.65. The molecule has 0 aliphatic heterocycles. The first-order valence-electron chi connectivity index (χ1n) is 12.1. The molecular weight excluding hydrogens is 595 g/mol. The van der Waals surface area contributed by atoms with E-state index in [1.807, 2.05) is 79.1 Å². The zero-order valence-electron chi connectivity index (χ0n) is 20.8. The topological polar surface area (TPSA) is 84.2 Å². The molecule has 0 fully saturated rings. The molecule has 3 aromatic carbocycles. The molecule has 0 saturated carbocycles. The number of amides is 1. The van der Waals surface area contributed by atoms with Crippen LogP contribution in [-0.2, 0) is 17.8 Å². The van der Waals surface area contributed by atoms with Crippen LogP contribution < -0.4 is 10.7 Å². The van der Waals surface area contributed by atoms with Crippen LogP contribution in [0.4, 0.5) is 5.69 Å². The Labute approximate surface area is 235 Å². The van der Waals surface area contributed by atoms with Crippen LogP contribution in [0.2, 0.25) is 0 Å². The van der Waals surface area contributed by atoms with Gasteiger partial charge >= 0.3 is 0 Å². The lowest BCUT2D eigenvalue weighted by Gasteiger charge is -2.14. The van der Waals surface area contributed by atoms with Crippen LogP contribution in [0.25, 0.3) is 5.69 Å². The number of hydrazone groups is 1. The van der Waals surface area contributed by atoms with Gasteiger partial charge in [-0.3, -0.25) is 9.36 Å². The summed E-state index contributed by atoms with van der Waals surface area (Å²) in [6.45, 7) is 4.39. The van der Waals surface area contributed by atoms with Crippen molar-refractivity contribution >= 4 is 51.7 Å². The molecule has 0 spiro atoms. The summed E-state index contributed by atoms with van der Waals surface area (Å²) in [7, 11) is 0. The van der Waals surface area contributed by atoms with Crippen molar-refractivity contribution in [1.82, 2.24) is 20.2 Å². The maximum atomic E-state index is 12.9. The fraction of sp³-hybridized carbons (Fsp3) is 0.214. The van der Waals surface area contributed by atoms with Crippen molar-refractivity contribution in [2.24, 2.45) is 5.10 Å². The molecule has 1 atom stereocenters. The third-order valence-corrected chi connectivity index (χ3v) is 7.41. The van der Waals surface area contributed by atoms with Gasteiger partial charge in [-0.25, -0.2) is 5.43 Å². The van der Waals surface area contributed by atoms with Crippen molar-refractivity contribution in [2.75, 3.05) is 5.32 Å².